The summed E-state index contributed by atoms with van der Waals surface area (Å²) in [5.41, 5.74) is 0. The first kappa shape index (κ1) is 24.9. The lowest BCUT2D eigenvalue weighted by Crippen LogP contribution is -2.38. The van der Waals surface area contributed by atoms with E-state index in [1.807, 2.05) is 0 Å². The van der Waals surface area contributed by atoms with Gasteiger partial charge in [0.1, 0.15) is 12.4 Å². The van der Waals surface area contributed by atoms with Gasteiger partial charge in [0, 0.05) is 19.9 Å². The molecular formula is C22H35NO6. The van der Waals surface area contributed by atoms with Crippen LogP contribution in [0.4, 0.5) is 0 Å². The van der Waals surface area contributed by atoms with Crippen molar-refractivity contribution in [3.63, 3.8) is 0 Å². The van der Waals surface area contributed by atoms with E-state index in [0.717, 1.165) is 24.2 Å². The molecule has 1 saturated carbocycles. The van der Waals surface area contributed by atoms with Gasteiger partial charge in [-0.2, -0.15) is 0 Å². The van der Waals surface area contributed by atoms with E-state index in [1.54, 1.807) is 0 Å². The molecule has 2 fully saturated rings. The molecule has 3 aliphatic rings. The van der Waals surface area contributed by atoms with Crippen LogP contribution >= 0.6 is 0 Å². The van der Waals surface area contributed by atoms with Gasteiger partial charge in [0.2, 0.25) is 5.91 Å². The summed E-state index contributed by atoms with van der Waals surface area (Å²) in [6.07, 6.45) is 14.3. The number of hydrogen-bond donors (Lipinski definition) is 2. The monoisotopic (exact) mass is 409 g/mol. The Hall–Kier alpha value is -2.18. The number of carboxylic acid groups (broad SMARTS) is 1. The summed E-state index contributed by atoms with van der Waals surface area (Å²) in [5, 5.41) is 9.54. The number of nitrogens with one attached hydrogen (secondary N) is 1. The Morgan fingerprint density at radius 3 is 2.48 bits per heavy atom. The molecular weight excluding hydrogens is 374 g/mol. The van der Waals surface area contributed by atoms with E-state index in [2.05, 4.69) is 24.4 Å². The van der Waals surface area contributed by atoms with Crippen LogP contribution in [-0.4, -0.2) is 42.4 Å². The first-order valence-corrected chi connectivity index (χ1v) is 10.6. The van der Waals surface area contributed by atoms with Gasteiger partial charge >= 0.3 is 5.97 Å². The predicted molar refractivity (Wildman–Crippen MR) is 109 cm³/mol. The van der Waals surface area contributed by atoms with Crippen molar-refractivity contribution >= 4 is 24.6 Å². The number of aldehydes is 1. The Morgan fingerprint density at radius 1 is 1.14 bits per heavy atom. The Morgan fingerprint density at radius 2 is 1.83 bits per heavy atom. The maximum atomic E-state index is 11.3. The van der Waals surface area contributed by atoms with Crippen LogP contribution in [0.2, 0.25) is 0 Å². The number of ether oxygens (including phenoxy) is 1. The van der Waals surface area contributed by atoms with Gasteiger partial charge in [-0.05, 0) is 49.9 Å². The lowest BCUT2D eigenvalue weighted by molar-refractivity contribution is -0.150. The number of allylic oxidation sites excluding steroid dienone is 2. The lowest BCUT2D eigenvalue weighted by Gasteiger charge is -2.34. The highest BCUT2D eigenvalue weighted by molar-refractivity contribution is 5.91. The van der Waals surface area contributed by atoms with Crippen molar-refractivity contribution < 1.29 is 29.0 Å². The van der Waals surface area contributed by atoms with Crippen LogP contribution in [0.5, 0.6) is 0 Å². The molecule has 0 aromatic carbocycles. The molecule has 164 valence electrons. The molecule has 1 amide bonds. The van der Waals surface area contributed by atoms with E-state index >= 15 is 0 Å². The van der Waals surface area contributed by atoms with Crippen LogP contribution in [-0.2, 0) is 23.9 Å². The van der Waals surface area contributed by atoms with E-state index in [0.29, 0.717) is 19.3 Å². The molecule has 7 heteroatoms. The molecule has 2 N–H and O–H groups in total. The Balaban J connectivity index is 0.000000263. The molecule has 0 aromatic rings. The van der Waals surface area contributed by atoms with E-state index < -0.39 is 5.92 Å². The fourth-order valence-corrected chi connectivity index (χ4v) is 4.31. The van der Waals surface area contributed by atoms with Crippen LogP contribution in [0.15, 0.2) is 12.2 Å². The van der Waals surface area contributed by atoms with Crippen LogP contribution in [0.1, 0.15) is 65.2 Å². The number of amides is 1. The minimum atomic E-state index is -0.699. The number of hydrogen-bond acceptors (Lipinski definition) is 5. The first-order chi connectivity index (χ1) is 13.9. The SMILES string of the molecule is CC(=O)O[C@@H]1CCCNC(=O)C(C=O)C1.C[C@H]1C=C[C@H]2CCCCC2C1.O=CO. The molecule has 2 unspecified atom stereocenters. The van der Waals surface area contributed by atoms with Crippen LogP contribution in [0, 0.1) is 23.7 Å². The van der Waals surface area contributed by atoms with Crippen molar-refractivity contribution in [1.82, 2.24) is 5.32 Å². The normalized spacial score (nSPS) is 31.0. The third-order valence-electron chi connectivity index (χ3n) is 5.68. The summed E-state index contributed by atoms with van der Waals surface area (Å²) >= 11 is 0. The second-order valence-corrected chi connectivity index (χ2v) is 8.05. The van der Waals surface area contributed by atoms with Crippen LogP contribution < -0.4 is 5.32 Å². The fraction of sp³-hybridized carbons (Fsp3) is 0.727. The number of rotatable bonds is 2. The standard InChI is InChI=1S/C11H18.C10H15NO4.CH2O2/c1-9-6-7-10-4-2-3-5-11(10)8-9;1-7(13)15-9-3-2-4-11-10(14)8(5-9)6-12;2-1-3/h6-7,9-11H,2-5,8H2,1H3;6,8-9H,2-5H2,1H3,(H,11,14);1H,(H,2,3)/t9-,10+,11?;8?,9-;/m01./s1. The molecule has 2 aliphatic carbocycles. The largest absolute Gasteiger partial charge is 0.483 e. The highest BCUT2D eigenvalue weighted by Gasteiger charge is 2.27. The lowest BCUT2D eigenvalue weighted by atomic mass is 9.72. The summed E-state index contributed by atoms with van der Waals surface area (Å²) in [5.74, 6) is 1.51. The predicted octanol–water partition coefficient (Wildman–Crippen LogP) is 3.12. The van der Waals surface area contributed by atoms with E-state index in [1.165, 1.54) is 39.0 Å². The molecule has 7 nitrogen and oxygen atoms in total. The molecule has 0 bridgehead atoms. The molecule has 1 heterocycles. The molecule has 5 atom stereocenters. The van der Waals surface area contributed by atoms with Crippen LogP contribution in [0.3, 0.4) is 0 Å². The Labute approximate surface area is 173 Å². The smallest absolute Gasteiger partial charge is 0.302 e. The number of esters is 1. The topological polar surface area (TPSA) is 110 Å². The summed E-state index contributed by atoms with van der Waals surface area (Å²) in [4.78, 5) is 41.1. The third-order valence-corrected chi connectivity index (χ3v) is 5.68. The second kappa shape index (κ2) is 13.9. The summed E-state index contributed by atoms with van der Waals surface area (Å²) in [6, 6.07) is 0. The second-order valence-electron chi connectivity index (χ2n) is 8.05. The Bertz CT molecular complexity index is 562. The zero-order valence-corrected chi connectivity index (χ0v) is 17.5. The highest BCUT2D eigenvalue weighted by Crippen LogP contribution is 2.38. The van der Waals surface area contributed by atoms with E-state index in [9.17, 15) is 14.4 Å². The van der Waals surface area contributed by atoms with Crippen molar-refractivity contribution in [2.24, 2.45) is 23.7 Å². The van der Waals surface area contributed by atoms with Crippen molar-refractivity contribution in [3.8, 4) is 0 Å². The van der Waals surface area contributed by atoms with Crippen molar-refractivity contribution in [2.45, 2.75) is 71.3 Å². The molecule has 1 saturated heterocycles. The van der Waals surface area contributed by atoms with Gasteiger partial charge < -0.3 is 20.0 Å². The number of carbonyl (C=O) groups is 4. The maximum absolute atomic E-state index is 11.3. The van der Waals surface area contributed by atoms with Gasteiger partial charge in [0.25, 0.3) is 6.47 Å². The van der Waals surface area contributed by atoms with Crippen LogP contribution in [0.25, 0.3) is 0 Å². The van der Waals surface area contributed by atoms with Crippen molar-refractivity contribution in [3.05, 3.63) is 12.2 Å². The quantitative estimate of drug-likeness (QED) is 0.314. The average Bonchev–Trinajstić information content (AvgIpc) is 2.68. The van der Waals surface area contributed by atoms with Gasteiger partial charge in [0.05, 0.1) is 5.92 Å². The molecule has 29 heavy (non-hydrogen) atoms. The minimum absolute atomic E-state index is 0.250. The van der Waals surface area contributed by atoms with E-state index in [-0.39, 0.29) is 30.9 Å². The first-order valence-electron chi connectivity index (χ1n) is 10.6. The average molecular weight is 410 g/mol. The molecule has 3 rings (SSSR count). The maximum Gasteiger partial charge on any atom is 0.302 e. The zero-order chi connectivity index (χ0) is 21.6. The molecule has 1 aliphatic heterocycles. The highest BCUT2D eigenvalue weighted by atomic mass is 16.5. The van der Waals surface area contributed by atoms with Gasteiger partial charge in [-0.15, -0.1) is 0 Å². The third kappa shape index (κ3) is 9.72. The summed E-state index contributed by atoms with van der Waals surface area (Å²) < 4.78 is 5.03. The Kier molecular flexibility index (Phi) is 11.9. The van der Waals surface area contributed by atoms with Crippen molar-refractivity contribution in [2.75, 3.05) is 6.54 Å². The zero-order valence-electron chi connectivity index (χ0n) is 17.5. The fourth-order valence-electron chi connectivity index (χ4n) is 4.31. The van der Waals surface area contributed by atoms with Crippen molar-refractivity contribution in [1.29, 1.82) is 0 Å². The summed E-state index contributed by atoms with van der Waals surface area (Å²) in [6.45, 7) is 3.96. The molecule has 0 aromatic heterocycles. The number of fused-ring (bicyclic) bond motifs is 1. The van der Waals surface area contributed by atoms with E-state index in [4.69, 9.17) is 14.6 Å². The molecule has 0 spiro atoms. The van der Waals surface area contributed by atoms with Gasteiger partial charge in [-0.3, -0.25) is 14.4 Å². The van der Waals surface area contributed by atoms with Gasteiger partial charge in [0.15, 0.2) is 0 Å². The summed E-state index contributed by atoms with van der Waals surface area (Å²) in [7, 11) is 0. The van der Waals surface area contributed by atoms with Gasteiger partial charge in [-0.25, -0.2) is 0 Å². The number of carbonyl (C=O) groups excluding carboxylic acids is 3. The van der Waals surface area contributed by atoms with Gasteiger partial charge in [-0.1, -0.05) is 31.9 Å². The molecule has 0 radical (unpaired) electrons. The minimum Gasteiger partial charge on any atom is -0.483 e.